The van der Waals surface area contributed by atoms with Crippen LogP contribution in [0, 0.1) is 0 Å². The number of amides is 3. The van der Waals surface area contributed by atoms with Crippen LogP contribution in [0.3, 0.4) is 0 Å². The van der Waals surface area contributed by atoms with Gasteiger partial charge in [0.25, 0.3) is 0 Å². The Hall–Kier alpha value is -2.05. The SMILES string of the molecule is Cn1cc(CCC(=O)N2CCC(N3CCNC3=O)CC2)cn1. The molecule has 120 valence electrons. The first-order valence-electron chi connectivity index (χ1n) is 7.93. The Balaban J connectivity index is 1.44. The number of aromatic nitrogens is 2. The van der Waals surface area contributed by atoms with E-state index in [-0.39, 0.29) is 18.0 Å². The third kappa shape index (κ3) is 3.23. The topological polar surface area (TPSA) is 70.5 Å². The summed E-state index contributed by atoms with van der Waals surface area (Å²) in [6.07, 6.45) is 6.79. The van der Waals surface area contributed by atoms with E-state index < -0.39 is 0 Å². The molecule has 2 aliphatic heterocycles. The first-order valence-corrected chi connectivity index (χ1v) is 7.93. The second kappa shape index (κ2) is 6.37. The molecule has 0 spiro atoms. The van der Waals surface area contributed by atoms with Crippen molar-refractivity contribution in [3.05, 3.63) is 18.0 Å². The Kier molecular flexibility index (Phi) is 4.31. The third-order valence-electron chi connectivity index (χ3n) is 4.53. The Morgan fingerprint density at radius 2 is 2.14 bits per heavy atom. The zero-order valence-electron chi connectivity index (χ0n) is 13.0. The summed E-state index contributed by atoms with van der Waals surface area (Å²) >= 11 is 0. The monoisotopic (exact) mass is 305 g/mol. The quantitative estimate of drug-likeness (QED) is 0.873. The molecule has 0 bridgehead atoms. The average molecular weight is 305 g/mol. The predicted octanol–water partition coefficient (Wildman–Crippen LogP) is 0.369. The fourth-order valence-corrected chi connectivity index (χ4v) is 3.27. The molecule has 2 fully saturated rings. The van der Waals surface area contributed by atoms with Gasteiger partial charge >= 0.3 is 6.03 Å². The summed E-state index contributed by atoms with van der Waals surface area (Å²) in [7, 11) is 1.88. The van der Waals surface area contributed by atoms with Crippen molar-refractivity contribution >= 4 is 11.9 Å². The molecule has 0 radical (unpaired) electrons. The van der Waals surface area contributed by atoms with Gasteiger partial charge in [0.15, 0.2) is 0 Å². The van der Waals surface area contributed by atoms with Gasteiger partial charge in [0.1, 0.15) is 0 Å². The number of hydrogen-bond acceptors (Lipinski definition) is 3. The van der Waals surface area contributed by atoms with Gasteiger partial charge in [-0.15, -0.1) is 0 Å². The largest absolute Gasteiger partial charge is 0.343 e. The maximum atomic E-state index is 12.3. The van der Waals surface area contributed by atoms with Gasteiger partial charge in [-0.2, -0.15) is 5.10 Å². The van der Waals surface area contributed by atoms with E-state index in [0.717, 1.165) is 51.0 Å². The van der Waals surface area contributed by atoms with Gasteiger partial charge in [0, 0.05) is 51.9 Å². The number of carbonyl (C=O) groups excluding carboxylic acids is 2. The van der Waals surface area contributed by atoms with Gasteiger partial charge in [0.05, 0.1) is 6.20 Å². The second-order valence-corrected chi connectivity index (χ2v) is 6.06. The van der Waals surface area contributed by atoms with Crippen molar-refractivity contribution in [2.45, 2.75) is 31.7 Å². The van der Waals surface area contributed by atoms with Crippen molar-refractivity contribution < 1.29 is 9.59 Å². The van der Waals surface area contributed by atoms with Crippen LogP contribution in [0.5, 0.6) is 0 Å². The lowest BCUT2D eigenvalue weighted by molar-refractivity contribution is -0.132. The highest BCUT2D eigenvalue weighted by Crippen LogP contribution is 2.19. The van der Waals surface area contributed by atoms with E-state index in [2.05, 4.69) is 10.4 Å². The number of rotatable bonds is 4. The number of nitrogens with one attached hydrogen (secondary N) is 1. The van der Waals surface area contributed by atoms with Crippen LogP contribution in [0.2, 0.25) is 0 Å². The van der Waals surface area contributed by atoms with E-state index in [1.807, 2.05) is 29.2 Å². The Bertz CT molecular complexity index is 548. The van der Waals surface area contributed by atoms with E-state index >= 15 is 0 Å². The van der Waals surface area contributed by atoms with E-state index in [1.165, 1.54) is 0 Å². The van der Waals surface area contributed by atoms with Crippen LogP contribution in [0.1, 0.15) is 24.8 Å². The highest BCUT2D eigenvalue weighted by molar-refractivity contribution is 5.77. The fourth-order valence-electron chi connectivity index (χ4n) is 3.27. The molecule has 1 aromatic rings. The highest BCUT2D eigenvalue weighted by atomic mass is 16.2. The average Bonchev–Trinajstić information content (AvgIpc) is 3.13. The summed E-state index contributed by atoms with van der Waals surface area (Å²) in [4.78, 5) is 27.8. The lowest BCUT2D eigenvalue weighted by Crippen LogP contribution is -2.47. The van der Waals surface area contributed by atoms with Crippen molar-refractivity contribution in [3.8, 4) is 0 Å². The molecule has 0 atom stereocenters. The molecule has 0 unspecified atom stereocenters. The number of aryl methyl sites for hydroxylation is 2. The molecular formula is C15H23N5O2. The molecule has 0 aromatic carbocycles. The van der Waals surface area contributed by atoms with Gasteiger partial charge in [-0.05, 0) is 24.8 Å². The van der Waals surface area contributed by atoms with Crippen LogP contribution in [0.4, 0.5) is 4.79 Å². The first kappa shape index (κ1) is 14.9. The normalized spacial score (nSPS) is 19.6. The fraction of sp³-hybridized carbons (Fsp3) is 0.667. The minimum atomic E-state index is 0.0429. The summed E-state index contributed by atoms with van der Waals surface area (Å²) in [6, 6.07) is 0.325. The van der Waals surface area contributed by atoms with Gasteiger partial charge in [-0.1, -0.05) is 0 Å². The third-order valence-corrected chi connectivity index (χ3v) is 4.53. The molecule has 22 heavy (non-hydrogen) atoms. The van der Waals surface area contributed by atoms with E-state index in [1.54, 1.807) is 4.68 Å². The van der Waals surface area contributed by atoms with Crippen molar-refractivity contribution in [2.24, 2.45) is 7.05 Å². The lowest BCUT2D eigenvalue weighted by atomic mass is 10.0. The Labute approximate surface area is 130 Å². The van der Waals surface area contributed by atoms with Gasteiger partial charge in [0.2, 0.25) is 5.91 Å². The first-order chi connectivity index (χ1) is 10.6. The molecule has 2 aliphatic rings. The molecular weight excluding hydrogens is 282 g/mol. The molecule has 2 saturated heterocycles. The predicted molar refractivity (Wildman–Crippen MR) is 81.2 cm³/mol. The molecule has 3 heterocycles. The van der Waals surface area contributed by atoms with Crippen LogP contribution >= 0.6 is 0 Å². The van der Waals surface area contributed by atoms with E-state index in [4.69, 9.17) is 0 Å². The van der Waals surface area contributed by atoms with Crippen LogP contribution in [-0.2, 0) is 18.3 Å². The number of urea groups is 1. The van der Waals surface area contributed by atoms with Gasteiger partial charge in [-0.3, -0.25) is 9.48 Å². The molecule has 0 aliphatic carbocycles. The number of carbonyl (C=O) groups is 2. The van der Waals surface area contributed by atoms with Gasteiger partial charge in [-0.25, -0.2) is 4.79 Å². The van der Waals surface area contributed by atoms with Crippen LogP contribution in [-0.4, -0.2) is 63.7 Å². The van der Waals surface area contributed by atoms with Crippen molar-refractivity contribution in [3.63, 3.8) is 0 Å². The maximum absolute atomic E-state index is 12.3. The molecule has 3 amide bonds. The zero-order chi connectivity index (χ0) is 15.5. The van der Waals surface area contributed by atoms with Crippen LogP contribution < -0.4 is 5.32 Å². The minimum absolute atomic E-state index is 0.0429. The molecule has 0 saturated carbocycles. The molecule has 7 nitrogen and oxygen atoms in total. The summed E-state index contributed by atoms with van der Waals surface area (Å²) in [5, 5.41) is 6.96. The molecule has 1 N–H and O–H groups in total. The number of piperidine rings is 1. The summed E-state index contributed by atoms with van der Waals surface area (Å²) < 4.78 is 1.76. The number of nitrogens with zero attached hydrogens (tertiary/aromatic N) is 4. The molecule has 7 heteroatoms. The summed E-state index contributed by atoms with van der Waals surface area (Å²) in [5.74, 6) is 0.202. The number of hydrogen-bond donors (Lipinski definition) is 1. The minimum Gasteiger partial charge on any atom is -0.343 e. The maximum Gasteiger partial charge on any atom is 0.317 e. The standard InChI is InChI=1S/C15H23N5O2/c1-18-11-12(10-17-18)2-3-14(21)19-7-4-13(5-8-19)20-9-6-16-15(20)22/h10-11,13H,2-9H2,1H3,(H,16,22). The van der Waals surface area contributed by atoms with E-state index in [9.17, 15) is 9.59 Å². The van der Waals surface area contributed by atoms with Crippen LogP contribution in [0.15, 0.2) is 12.4 Å². The highest BCUT2D eigenvalue weighted by Gasteiger charge is 2.31. The smallest absolute Gasteiger partial charge is 0.317 e. The molecule has 1 aromatic heterocycles. The summed E-state index contributed by atoms with van der Waals surface area (Å²) in [6.45, 7) is 3.03. The number of likely N-dealkylation sites (tertiary alicyclic amines) is 1. The van der Waals surface area contributed by atoms with Crippen LogP contribution in [0.25, 0.3) is 0 Å². The zero-order valence-corrected chi connectivity index (χ0v) is 13.0. The van der Waals surface area contributed by atoms with E-state index in [0.29, 0.717) is 6.42 Å². The van der Waals surface area contributed by atoms with Crippen molar-refractivity contribution in [1.82, 2.24) is 24.9 Å². The molecule has 3 rings (SSSR count). The Morgan fingerprint density at radius 3 is 2.73 bits per heavy atom. The second-order valence-electron chi connectivity index (χ2n) is 6.06. The van der Waals surface area contributed by atoms with Gasteiger partial charge < -0.3 is 15.1 Å². The summed E-state index contributed by atoms with van der Waals surface area (Å²) in [5.41, 5.74) is 1.10. The van der Waals surface area contributed by atoms with Crippen molar-refractivity contribution in [2.75, 3.05) is 26.2 Å². The van der Waals surface area contributed by atoms with Crippen molar-refractivity contribution in [1.29, 1.82) is 0 Å². The Morgan fingerprint density at radius 1 is 1.36 bits per heavy atom. The lowest BCUT2D eigenvalue weighted by Gasteiger charge is -2.36.